The summed E-state index contributed by atoms with van der Waals surface area (Å²) in [6, 6.07) is 32.8. The van der Waals surface area contributed by atoms with Crippen molar-refractivity contribution in [2.24, 2.45) is 0 Å². The van der Waals surface area contributed by atoms with Gasteiger partial charge in [-0.1, -0.05) is 60.7 Å². The van der Waals surface area contributed by atoms with Crippen molar-refractivity contribution in [3.63, 3.8) is 0 Å². The molecule has 0 radical (unpaired) electrons. The summed E-state index contributed by atoms with van der Waals surface area (Å²) in [7, 11) is 1.65. The zero-order chi connectivity index (χ0) is 37.3. The van der Waals surface area contributed by atoms with Gasteiger partial charge in [-0.15, -0.1) is 0 Å². The maximum Gasteiger partial charge on any atom is 0.250 e. The third kappa shape index (κ3) is 18.8. The van der Waals surface area contributed by atoms with Crippen molar-refractivity contribution < 1.29 is 19.4 Å². The van der Waals surface area contributed by atoms with E-state index in [4.69, 9.17) is 34.4 Å². The van der Waals surface area contributed by atoms with Crippen LogP contribution in [0, 0.1) is 11.5 Å². The fourth-order valence-corrected chi connectivity index (χ4v) is 4.05. The van der Waals surface area contributed by atoms with E-state index < -0.39 is 0 Å². The number of phenolic OH excluding ortho intramolecular Hbond substituents is 1. The van der Waals surface area contributed by atoms with Crippen molar-refractivity contribution in [3.05, 3.63) is 132 Å². The number of ether oxygens (including phenoxy) is 1. The zero-order valence-electron chi connectivity index (χ0n) is 27.8. The second-order valence-corrected chi connectivity index (χ2v) is 10.9. The predicted molar refractivity (Wildman–Crippen MR) is 216 cm³/mol. The minimum absolute atomic E-state index is 0.168. The van der Waals surface area contributed by atoms with Gasteiger partial charge in [0.25, 0.3) is 0 Å². The number of hydrogen-bond donors (Lipinski definition) is 7. The van der Waals surface area contributed by atoms with Crippen LogP contribution in [0.5, 0.6) is 11.5 Å². The lowest BCUT2D eigenvalue weighted by molar-refractivity contribution is -0.115. The second kappa shape index (κ2) is 24.1. The molecule has 0 aliphatic carbocycles. The third-order valence-electron chi connectivity index (χ3n) is 5.87. The molecule has 0 heterocycles. The molecule has 0 spiro atoms. The first-order valence-electron chi connectivity index (χ1n) is 15.2. The van der Waals surface area contributed by atoms with E-state index in [0.717, 1.165) is 22.6 Å². The van der Waals surface area contributed by atoms with Crippen molar-refractivity contribution >= 4 is 87.3 Å². The molecule has 4 rings (SSSR count). The summed E-state index contributed by atoms with van der Waals surface area (Å²) in [6.45, 7) is 2.55. The monoisotopic (exact) mass is 739 g/mol. The predicted octanol–water partition coefficient (Wildman–Crippen LogP) is 6.09. The molecule has 0 atom stereocenters. The topological polar surface area (TPSA) is 160 Å². The summed E-state index contributed by atoms with van der Waals surface area (Å²) in [6.07, 6.45) is 7.97. The highest BCUT2D eigenvalue weighted by molar-refractivity contribution is 7.80. The van der Waals surface area contributed by atoms with E-state index in [9.17, 15) is 14.7 Å². The average Bonchev–Trinajstić information content (AvgIpc) is 3.13. The van der Waals surface area contributed by atoms with Gasteiger partial charge in [0.1, 0.15) is 11.5 Å². The number of amides is 2. The van der Waals surface area contributed by atoms with Gasteiger partial charge in [0.05, 0.1) is 6.61 Å². The standard InChI is InChI=1S/C18H18N2O2S.C16H14N2O2S.C3H5N3S/c1-2-22-16-11-9-15(10-12-16)19-18(23)20-17(21)13-8-14-6-4-3-5-7-14;19-14-9-7-13(8-10-14)17-16(21)18-15(20)11-6-12-4-2-1-3-5-12;1-5-3(7)6-2-4/h3-13H,2H2,1H3,(H2,19,20,21,23);1-11,19H,(H2,17,18,20,21);1H3,(H2,5,6,7). The number of nitrogens with one attached hydrogen (secondary N) is 6. The summed E-state index contributed by atoms with van der Waals surface area (Å²) in [5.41, 5.74) is 3.36. The molecule has 2 amide bonds. The van der Waals surface area contributed by atoms with E-state index >= 15 is 0 Å². The number of benzene rings is 4. The molecule has 0 saturated carbocycles. The Hall–Kier alpha value is -6.14. The van der Waals surface area contributed by atoms with Gasteiger partial charge in [0, 0.05) is 30.6 Å². The zero-order valence-corrected chi connectivity index (χ0v) is 30.2. The normalized spacial score (nSPS) is 9.75. The number of nitrogens with zero attached hydrogens (tertiary/aromatic N) is 1. The van der Waals surface area contributed by atoms with Gasteiger partial charge in [-0.3, -0.25) is 25.5 Å². The Bertz CT molecular complexity index is 1810. The average molecular weight is 740 g/mol. The Morgan fingerprint density at radius 1 is 0.706 bits per heavy atom. The number of rotatable bonds is 8. The maximum atomic E-state index is 11.8. The summed E-state index contributed by atoms with van der Waals surface area (Å²) in [5, 5.41) is 33.6. The van der Waals surface area contributed by atoms with Crippen LogP contribution in [0.4, 0.5) is 11.4 Å². The molecule has 11 nitrogen and oxygen atoms in total. The van der Waals surface area contributed by atoms with Gasteiger partial charge in [0.2, 0.25) is 11.8 Å². The minimum Gasteiger partial charge on any atom is -0.508 e. The molecule has 0 bridgehead atoms. The lowest BCUT2D eigenvalue weighted by Crippen LogP contribution is -2.32. The second-order valence-electron chi connectivity index (χ2n) is 9.69. The number of phenols is 1. The van der Waals surface area contributed by atoms with Gasteiger partial charge in [0.15, 0.2) is 21.5 Å². The van der Waals surface area contributed by atoms with E-state index in [2.05, 4.69) is 44.1 Å². The third-order valence-corrected chi connectivity index (χ3v) is 6.59. The molecule has 0 aromatic heterocycles. The first-order chi connectivity index (χ1) is 24.6. The largest absolute Gasteiger partial charge is 0.508 e. The van der Waals surface area contributed by atoms with E-state index in [1.807, 2.05) is 91.9 Å². The van der Waals surface area contributed by atoms with E-state index in [1.165, 1.54) is 24.3 Å². The smallest absolute Gasteiger partial charge is 0.250 e. The summed E-state index contributed by atoms with van der Waals surface area (Å²) in [5.74, 6) is 0.368. The quantitative estimate of drug-likeness (QED) is 0.0367. The van der Waals surface area contributed by atoms with E-state index in [1.54, 1.807) is 37.5 Å². The van der Waals surface area contributed by atoms with Gasteiger partial charge in [-0.2, -0.15) is 5.26 Å². The Kier molecular flexibility index (Phi) is 19.4. The number of hydrogen-bond acceptors (Lipinski definition) is 8. The van der Waals surface area contributed by atoms with Crippen LogP contribution in [-0.4, -0.2) is 45.9 Å². The van der Waals surface area contributed by atoms with Crippen LogP contribution < -0.4 is 36.6 Å². The molecular weight excluding hydrogens is 703 g/mol. The van der Waals surface area contributed by atoms with Crippen LogP contribution in [0.25, 0.3) is 12.2 Å². The fraction of sp³-hybridized carbons (Fsp3) is 0.0811. The molecule has 14 heteroatoms. The van der Waals surface area contributed by atoms with Gasteiger partial charge in [-0.05, 0) is 115 Å². The highest BCUT2D eigenvalue weighted by Gasteiger charge is 2.03. The molecule has 51 heavy (non-hydrogen) atoms. The Labute approximate surface area is 313 Å². The van der Waals surface area contributed by atoms with Crippen molar-refractivity contribution in [1.82, 2.24) is 21.3 Å². The number of carbonyl (C=O) groups excluding carboxylic acids is 2. The molecule has 4 aromatic carbocycles. The van der Waals surface area contributed by atoms with Crippen molar-refractivity contribution in [3.8, 4) is 17.7 Å². The number of aromatic hydroxyl groups is 1. The molecule has 0 aliphatic heterocycles. The molecular formula is C37H37N7O4S3. The number of nitriles is 1. The molecule has 0 fully saturated rings. The van der Waals surface area contributed by atoms with E-state index in [0.29, 0.717) is 17.4 Å². The SMILES string of the molecule is CCOc1ccc(NC(=S)NC(=O)C=Cc2ccccc2)cc1.CNC(=S)NC#N.O=C(C=Cc1ccccc1)NC(=S)Nc1ccc(O)cc1. The van der Waals surface area contributed by atoms with Crippen LogP contribution in [0.3, 0.4) is 0 Å². The molecule has 262 valence electrons. The molecule has 4 aromatic rings. The first kappa shape index (κ1) is 41.0. The van der Waals surface area contributed by atoms with Crippen molar-refractivity contribution in [2.45, 2.75) is 6.92 Å². The molecule has 7 N–H and O–H groups in total. The number of anilines is 2. The van der Waals surface area contributed by atoms with Gasteiger partial charge >= 0.3 is 0 Å². The maximum absolute atomic E-state index is 11.8. The summed E-state index contributed by atoms with van der Waals surface area (Å²) >= 11 is 14.7. The highest BCUT2D eigenvalue weighted by Crippen LogP contribution is 2.16. The number of carbonyl (C=O) groups is 2. The highest BCUT2D eigenvalue weighted by atomic mass is 32.1. The molecule has 0 unspecified atom stereocenters. The van der Waals surface area contributed by atoms with E-state index in [-0.39, 0.29) is 27.8 Å². The summed E-state index contributed by atoms with van der Waals surface area (Å²) in [4.78, 5) is 23.5. The Morgan fingerprint density at radius 2 is 1.14 bits per heavy atom. The van der Waals surface area contributed by atoms with Crippen LogP contribution in [-0.2, 0) is 9.59 Å². The van der Waals surface area contributed by atoms with Gasteiger partial charge in [-0.25, -0.2) is 0 Å². The number of thiocarbonyl (C=S) groups is 3. The lowest BCUT2D eigenvalue weighted by atomic mass is 10.2. The lowest BCUT2D eigenvalue weighted by Gasteiger charge is -2.09. The van der Waals surface area contributed by atoms with Crippen molar-refractivity contribution in [2.75, 3.05) is 24.3 Å². The Balaban J connectivity index is 0.000000299. The fourth-order valence-electron chi connectivity index (χ4n) is 3.56. The van der Waals surface area contributed by atoms with Crippen LogP contribution in [0.1, 0.15) is 18.1 Å². The van der Waals surface area contributed by atoms with Crippen LogP contribution in [0.15, 0.2) is 121 Å². The molecule has 0 aliphatic rings. The van der Waals surface area contributed by atoms with Crippen LogP contribution in [0.2, 0.25) is 0 Å². The first-order valence-corrected chi connectivity index (χ1v) is 16.4. The Morgan fingerprint density at radius 3 is 1.51 bits per heavy atom. The van der Waals surface area contributed by atoms with Gasteiger partial charge < -0.3 is 25.8 Å². The van der Waals surface area contributed by atoms with Crippen LogP contribution >= 0.6 is 36.7 Å². The van der Waals surface area contributed by atoms with Crippen molar-refractivity contribution in [1.29, 1.82) is 5.26 Å². The molecule has 0 saturated heterocycles. The summed E-state index contributed by atoms with van der Waals surface area (Å²) < 4.78 is 5.36. The minimum atomic E-state index is -0.310.